The largest absolute Gasteiger partial charge is 0.354 e. The normalized spacial score (nSPS) is 14.2. The van der Waals surface area contributed by atoms with E-state index >= 15 is 0 Å². The van der Waals surface area contributed by atoms with Crippen LogP contribution >= 0.6 is 11.6 Å². The zero-order chi connectivity index (χ0) is 21.3. The number of hydrogen-bond donors (Lipinski definition) is 3. The van der Waals surface area contributed by atoms with Gasteiger partial charge in [-0.25, -0.2) is 9.37 Å². The third-order valence-electron chi connectivity index (χ3n) is 5.49. The molecule has 3 aromatic rings. The summed E-state index contributed by atoms with van der Waals surface area (Å²) in [6.45, 7) is 7.05. The Hall–Kier alpha value is -2.41. The molecule has 158 valence electrons. The molecule has 0 saturated carbocycles. The van der Waals surface area contributed by atoms with E-state index in [2.05, 4.69) is 21.3 Å². The number of aromatic nitrogens is 2. The number of rotatable bonds is 6. The van der Waals surface area contributed by atoms with Gasteiger partial charge in [-0.3, -0.25) is 0 Å². The van der Waals surface area contributed by atoms with Gasteiger partial charge >= 0.3 is 0 Å². The van der Waals surface area contributed by atoms with Crippen molar-refractivity contribution in [2.45, 2.75) is 26.8 Å². The molecule has 1 aromatic heterocycles. The van der Waals surface area contributed by atoms with E-state index in [-0.39, 0.29) is 5.82 Å². The molecular weight excluding hydrogens is 401 g/mol. The maximum absolute atomic E-state index is 14.1. The second-order valence-electron chi connectivity index (χ2n) is 7.79. The van der Waals surface area contributed by atoms with Gasteiger partial charge < -0.3 is 20.9 Å². The summed E-state index contributed by atoms with van der Waals surface area (Å²) in [6.07, 6.45) is 3.14. The average molecular weight is 428 g/mol. The summed E-state index contributed by atoms with van der Waals surface area (Å²) < 4.78 is 16.2. The molecule has 4 N–H and O–H groups in total. The Morgan fingerprint density at radius 2 is 2.00 bits per heavy atom. The van der Waals surface area contributed by atoms with Crippen molar-refractivity contribution in [3.05, 3.63) is 63.4 Å². The Labute approximate surface area is 181 Å². The number of halogens is 2. The molecule has 2 heterocycles. The van der Waals surface area contributed by atoms with E-state index in [9.17, 15) is 4.39 Å². The number of fused-ring (bicyclic) bond motifs is 1. The molecule has 1 aliphatic rings. The molecule has 0 aliphatic carbocycles. The van der Waals surface area contributed by atoms with E-state index in [0.29, 0.717) is 35.8 Å². The number of nitrogens with zero attached hydrogens (tertiary/aromatic N) is 2. The van der Waals surface area contributed by atoms with Gasteiger partial charge in [-0.15, -0.1) is 0 Å². The molecule has 30 heavy (non-hydrogen) atoms. The van der Waals surface area contributed by atoms with Crippen LogP contribution in [0.3, 0.4) is 0 Å². The van der Waals surface area contributed by atoms with E-state index in [1.807, 2.05) is 24.3 Å². The van der Waals surface area contributed by atoms with Crippen molar-refractivity contribution in [2.75, 3.05) is 31.5 Å². The van der Waals surface area contributed by atoms with Gasteiger partial charge in [0.05, 0.1) is 17.6 Å². The van der Waals surface area contributed by atoms with Gasteiger partial charge in [-0.2, -0.15) is 0 Å². The standard InChI is InChI=1S/C23H27ClFN5/c1-14-9-16(10-15(2)21(14)25)13-30-20-12-18(24)11-19(17-3-6-27-7-4-17)22(20)29-23(30)28-8-5-26/h3,9-12,27H,4-8,13,26H2,1-2H3,(H,28,29). The molecule has 0 bridgehead atoms. The predicted molar refractivity (Wildman–Crippen MR) is 123 cm³/mol. The maximum Gasteiger partial charge on any atom is 0.204 e. The Kier molecular flexibility index (Phi) is 6.09. The van der Waals surface area contributed by atoms with Crippen molar-refractivity contribution in [1.29, 1.82) is 0 Å². The van der Waals surface area contributed by atoms with E-state index in [4.69, 9.17) is 22.3 Å². The smallest absolute Gasteiger partial charge is 0.204 e. The highest BCUT2D eigenvalue weighted by Gasteiger charge is 2.18. The van der Waals surface area contributed by atoms with Crippen LogP contribution in [0.5, 0.6) is 0 Å². The van der Waals surface area contributed by atoms with Gasteiger partial charge in [-0.1, -0.05) is 29.8 Å². The van der Waals surface area contributed by atoms with Gasteiger partial charge in [0.25, 0.3) is 0 Å². The van der Waals surface area contributed by atoms with Gasteiger partial charge in [0.15, 0.2) is 0 Å². The first kappa shape index (κ1) is 20.8. The lowest BCUT2D eigenvalue weighted by atomic mass is 9.99. The second-order valence-corrected chi connectivity index (χ2v) is 8.22. The van der Waals surface area contributed by atoms with Crippen LogP contribution in [0, 0.1) is 19.7 Å². The number of imidazole rings is 1. The average Bonchev–Trinajstić information content (AvgIpc) is 3.07. The second kappa shape index (κ2) is 8.76. The number of benzene rings is 2. The van der Waals surface area contributed by atoms with Crippen LogP contribution in [0.15, 0.2) is 30.3 Å². The quantitative estimate of drug-likeness (QED) is 0.550. The number of nitrogens with two attached hydrogens (primary N) is 1. The molecule has 0 unspecified atom stereocenters. The minimum absolute atomic E-state index is 0.154. The predicted octanol–water partition coefficient (Wildman–Crippen LogP) is 4.24. The zero-order valence-corrected chi connectivity index (χ0v) is 18.1. The van der Waals surface area contributed by atoms with Crippen molar-refractivity contribution in [2.24, 2.45) is 5.73 Å². The fourth-order valence-corrected chi connectivity index (χ4v) is 4.30. The molecule has 0 fully saturated rings. The van der Waals surface area contributed by atoms with Gasteiger partial charge in [0, 0.05) is 30.2 Å². The Morgan fingerprint density at radius 1 is 1.23 bits per heavy atom. The van der Waals surface area contributed by atoms with Crippen LogP contribution in [0.25, 0.3) is 16.6 Å². The summed E-state index contributed by atoms with van der Waals surface area (Å²) in [4.78, 5) is 4.93. The van der Waals surface area contributed by atoms with Crippen molar-refractivity contribution in [3.8, 4) is 0 Å². The van der Waals surface area contributed by atoms with Crippen LogP contribution in [0.2, 0.25) is 5.02 Å². The van der Waals surface area contributed by atoms with Gasteiger partial charge in [0.2, 0.25) is 5.95 Å². The van der Waals surface area contributed by atoms with E-state index in [1.165, 1.54) is 5.57 Å². The summed E-state index contributed by atoms with van der Waals surface area (Å²) in [5.41, 5.74) is 12.2. The van der Waals surface area contributed by atoms with Crippen molar-refractivity contribution >= 4 is 34.2 Å². The highest BCUT2D eigenvalue weighted by Crippen LogP contribution is 2.33. The topological polar surface area (TPSA) is 67.9 Å². The Balaban J connectivity index is 1.86. The number of aryl methyl sites for hydroxylation is 2. The molecule has 4 rings (SSSR count). The molecule has 0 atom stereocenters. The third-order valence-corrected chi connectivity index (χ3v) is 5.71. The van der Waals surface area contributed by atoms with Gasteiger partial charge in [0.1, 0.15) is 5.82 Å². The molecule has 1 aliphatic heterocycles. The van der Waals surface area contributed by atoms with E-state index in [1.54, 1.807) is 13.8 Å². The Morgan fingerprint density at radius 3 is 2.67 bits per heavy atom. The highest BCUT2D eigenvalue weighted by molar-refractivity contribution is 6.31. The third kappa shape index (κ3) is 4.08. The highest BCUT2D eigenvalue weighted by atomic mass is 35.5. The molecule has 0 saturated heterocycles. The summed E-state index contributed by atoms with van der Waals surface area (Å²) in [6, 6.07) is 7.73. The van der Waals surface area contributed by atoms with Crippen LogP contribution in [-0.4, -0.2) is 35.7 Å². The summed E-state index contributed by atoms with van der Waals surface area (Å²) in [5, 5.41) is 7.36. The molecule has 0 amide bonds. The summed E-state index contributed by atoms with van der Waals surface area (Å²) >= 11 is 6.53. The zero-order valence-electron chi connectivity index (χ0n) is 17.4. The van der Waals surface area contributed by atoms with Crippen LogP contribution in [0.1, 0.15) is 28.7 Å². The molecule has 5 nitrogen and oxygen atoms in total. The maximum atomic E-state index is 14.1. The molecular formula is C23H27ClFN5. The number of nitrogens with one attached hydrogen (secondary N) is 2. The van der Waals surface area contributed by atoms with E-state index < -0.39 is 0 Å². The number of anilines is 1. The first-order valence-corrected chi connectivity index (χ1v) is 10.6. The van der Waals surface area contributed by atoms with Crippen molar-refractivity contribution < 1.29 is 4.39 Å². The lowest BCUT2D eigenvalue weighted by Crippen LogP contribution is -2.20. The lowest BCUT2D eigenvalue weighted by molar-refractivity contribution is 0.607. The summed E-state index contributed by atoms with van der Waals surface area (Å²) in [5.74, 6) is 0.590. The number of hydrogen-bond acceptors (Lipinski definition) is 4. The van der Waals surface area contributed by atoms with Crippen LogP contribution < -0.4 is 16.4 Å². The van der Waals surface area contributed by atoms with Crippen molar-refractivity contribution in [3.63, 3.8) is 0 Å². The SMILES string of the molecule is Cc1cc(Cn2c(NCCN)nc3c(C4=CCNCC4)cc(Cl)cc32)cc(C)c1F. The summed E-state index contributed by atoms with van der Waals surface area (Å²) in [7, 11) is 0. The van der Waals surface area contributed by atoms with Crippen LogP contribution in [0.4, 0.5) is 10.3 Å². The molecule has 7 heteroatoms. The van der Waals surface area contributed by atoms with E-state index in [0.717, 1.165) is 47.6 Å². The molecule has 0 radical (unpaired) electrons. The lowest BCUT2D eigenvalue weighted by Gasteiger charge is -2.15. The Bertz CT molecular complexity index is 1100. The first-order chi connectivity index (χ1) is 14.5. The molecule has 0 spiro atoms. The molecule has 2 aromatic carbocycles. The fraction of sp³-hybridized carbons (Fsp3) is 0.348. The minimum atomic E-state index is -0.154. The van der Waals surface area contributed by atoms with Gasteiger partial charge in [-0.05, 0) is 61.2 Å². The van der Waals surface area contributed by atoms with Crippen LogP contribution in [-0.2, 0) is 6.54 Å². The first-order valence-electron chi connectivity index (χ1n) is 10.3. The minimum Gasteiger partial charge on any atom is -0.354 e. The monoisotopic (exact) mass is 427 g/mol. The van der Waals surface area contributed by atoms with Crippen molar-refractivity contribution in [1.82, 2.24) is 14.9 Å². The fourth-order valence-electron chi connectivity index (χ4n) is 4.09.